The van der Waals surface area contributed by atoms with Crippen molar-refractivity contribution in [1.29, 1.82) is 0 Å². The molecule has 26 heavy (non-hydrogen) atoms. The zero-order valence-electron chi connectivity index (χ0n) is 17.0. The summed E-state index contributed by atoms with van der Waals surface area (Å²) in [7, 11) is 0. The molecule has 0 fully saturated rings. The summed E-state index contributed by atoms with van der Waals surface area (Å²) < 4.78 is 0. The fourth-order valence-electron chi connectivity index (χ4n) is 3.83. The van der Waals surface area contributed by atoms with Gasteiger partial charge in [0.05, 0.1) is 4.92 Å². The van der Waals surface area contributed by atoms with Gasteiger partial charge in [0.2, 0.25) is 0 Å². The van der Waals surface area contributed by atoms with Crippen molar-refractivity contribution in [2.45, 2.75) is 103 Å². The van der Waals surface area contributed by atoms with Gasteiger partial charge in [0, 0.05) is 18.2 Å². The van der Waals surface area contributed by atoms with Crippen LogP contribution in [0.4, 0.5) is 5.69 Å². The normalized spacial score (nSPS) is 14.8. The van der Waals surface area contributed by atoms with E-state index in [0.717, 1.165) is 25.7 Å². The summed E-state index contributed by atoms with van der Waals surface area (Å²) in [5, 5.41) is 11.0. The lowest BCUT2D eigenvalue weighted by molar-refractivity contribution is -0.384. The van der Waals surface area contributed by atoms with E-state index in [4.69, 9.17) is 5.73 Å². The highest BCUT2D eigenvalue weighted by Crippen LogP contribution is 2.40. The molecule has 0 aliphatic carbocycles. The minimum absolute atomic E-state index is 0.102. The molecule has 1 rings (SSSR count). The van der Waals surface area contributed by atoms with Crippen LogP contribution >= 0.6 is 0 Å². The van der Waals surface area contributed by atoms with Gasteiger partial charge in [-0.05, 0) is 43.6 Å². The Morgan fingerprint density at radius 2 is 1.54 bits per heavy atom. The van der Waals surface area contributed by atoms with Crippen molar-refractivity contribution in [3.8, 4) is 0 Å². The van der Waals surface area contributed by atoms with Gasteiger partial charge in [-0.15, -0.1) is 0 Å². The third-order valence-electron chi connectivity index (χ3n) is 5.54. The number of nitro benzene ring substituents is 1. The van der Waals surface area contributed by atoms with E-state index >= 15 is 0 Å². The number of hydrogen-bond acceptors (Lipinski definition) is 3. The first-order valence-corrected chi connectivity index (χ1v) is 10.5. The van der Waals surface area contributed by atoms with Crippen LogP contribution in [-0.4, -0.2) is 11.0 Å². The van der Waals surface area contributed by atoms with Gasteiger partial charge in [-0.2, -0.15) is 0 Å². The van der Waals surface area contributed by atoms with Gasteiger partial charge in [-0.1, -0.05) is 70.9 Å². The van der Waals surface area contributed by atoms with Crippen LogP contribution in [0.15, 0.2) is 24.3 Å². The molecule has 148 valence electrons. The van der Waals surface area contributed by atoms with E-state index in [1.807, 2.05) is 12.1 Å². The Morgan fingerprint density at radius 3 is 2.08 bits per heavy atom. The van der Waals surface area contributed by atoms with Crippen LogP contribution in [0.3, 0.4) is 0 Å². The summed E-state index contributed by atoms with van der Waals surface area (Å²) in [6, 6.07) is 7.49. The Hall–Kier alpha value is -1.42. The summed E-state index contributed by atoms with van der Waals surface area (Å²) in [6.07, 6.45) is 13.1. The Morgan fingerprint density at radius 1 is 0.962 bits per heavy atom. The number of nitrogens with two attached hydrogens (primary N) is 1. The number of nitrogens with zero attached hydrogens (tertiary/aromatic N) is 1. The summed E-state index contributed by atoms with van der Waals surface area (Å²) in [4.78, 5) is 10.7. The van der Waals surface area contributed by atoms with Gasteiger partial charge in [0.1, 0.15) is 0 Å². The molecule has 0 aliphatic rings. The van der Waals surface area contributed by atoms with E-state index < -0.39 is 0 Å². The Balaban J connectivity index is 3.02. The van der Waals surface area contributed by atoms with Gasteiger partial charge in [-0.3, -0.25) is 10.1 Å². The molecule has 4 nitrogen and oxygen atoms in total. The molecule has 0 aromatic heterocycles. The zero-order chi connectivity index (χ0) is 19.4. The predicted octanol–water partition coefficient (Wildman–Crippen LogP) is 6.51. The van der Waals surface area contributed by atoms with Gasteiger partial charge in [-0.25, -0.2) is 0 Å². The molecular formula is C22H38N2O2. The Bertz CT molecular complexity index is 513. The fourth-order valence-corrected chi connectivity index (χ4v) is 3.83. The van der Waals surface area contributed by atoms with Crippen molar-refractivity contribution < 1.29 is 4.92 Å². The van der Waals surface area contributed by atoms with Gasteiger partial charge < -0.3 is 5.73 Å². The van der Waals surface area contributed by atoms with Crippen molar-refractivity contribution in [1.82, 2.24) is 0 Å². The van der Waals surface area contributed by atoms with Crippen LogP contribution in [0.2, 0.25) is 0 Å². The summed E-state index contributed by atoms with van der Waals surface area (Å²) >= 11 is 0. The van der Waals surface area contributed by atoms with Crippen LogP contribution in [0.1, 0.15) is 97.0 Å². The van der Waals surface area contributed by atoms with E-state index in [0.29, 0.717) is 0 Å². The molecule has 1 aromatic rings. The molecule has 0 saturated heterocycles. The molecule has 4 heteroatoms. The molecule has 2 unspecified atom stereocenters. The first-order chi connectivity index (χ1) is 12.4. The second-order valence-electron chi connectivity index (χ2n) is 7.87. The van der Waals surface area contributed by atoms with Crippen molar-refractivity contribution >= 4 is 5.69 Å². The van der Waals surface area contributed by atoms with E-state index in [-0.39, 0.29) is 22.1 Å². The minimum Gasteiger partial charge on any atom is -0.328 e. The summed E-state index contributed by atoms with van der Waals surface area (Å²) in [6.45, 7) is 6.54. The van der Waals surface area contributed by atoms with Crippen molar-refractivity contribution in [2.75, 3.05) is 0 Å². The average molecular weight is 363 g/mol. The van der Waals surface area contributed by atoms with Crippen LogP contribution in [0.5, 0.6) is 0 Å². The topological polar surface area (TPSA) is 69.2 Å². The SMILES string of the molecule is CCCCCCCC(CCCC)(CCC(C)N)c1ccc([N+](=O)[O-])cc1. The molecule has 0 radical (unpaired) electrons. The van der Waals surface area contributed by atoms with Crippen molar-refractivity contribution in [3.05, 3.63) is 39.9 Å². The minimum atomic E-state index is -0.315. The van der Waals surface area contributed by atoms with E-state index in [2.05, 4.69) is 20.8 Å². The van der Waals surface area contributed by atoms with E-state index in [9.17, 15) is 10.1 Å². The van der Waals surface area contributed by atoms with Crippen LogP contribution in [-0.2, 0) is 5.41 Å². The quantitative estimate of drug-likeness (QED) is 0.233. The zero-order valence-corrected chi connectivity index (χ0v) is 17.0. The summed E-state index contributed by atoms with van der Waals surface area (Å²) in [5.74, 6) is 0. The molecular weight excluding hydrogens is 324 g/mol. The number of rotatable bonds is 14. The maximum atomic E-state index is 11.0. The van der Waals surface area contributed by atoms with Crippen LogP contribution in [0.25, 0.3) is 0 Å². The fraction of sp³-hybridized carbons (Fsp3) is 0.727. The first kappa shape index (κ1) is 22.6. The highest BCUT2D eigenvalue weighted by atomic mass is 16.6. The Kier molecular flexibility index (Phi) is 10.5. The maximum absolute atomic E-state index is 11.0. The molecule has 2 N–H and O–H groups in total. The molecule has 0 bridgehead atoms. The second-order valence-corrected chi connectivity index (χ2v) is 7.87. The average Bonchev–Trinajstić information content (AvgIpc) is 2.63. The van der Waals surface area contributed by atoms with Gasteiger partial charge in [0.25, 0.3) is 5.69 Å². The third kappa shape index (κ3) is 7.45. The van der Waals surface area contributed by atoms with Gasteiger partial charge >= 0.3 is 0 Å². The summed E-state index contributed by atoms with van der Waals surface area (Å²) in [5.41, 5.74) is 7.61. The number of nitro groups is 1. The monoisotopic (exact) mass is 362 g/mol. The largest absolute Gasteiger partial charge is 0.328 e. The number of benzene rings is 1. The van der Waals surface area contributed by atoms with E-state index in [1.165, 1.54) is 50.5 Å². The molecule has 2 atom stereocenters. The highest BCUT2D eigenvalue weighted by molar-refractivity contribution is 5.36. The lowest BCUT2D eigenvalue weighted by atomic mass is 9.69. The lowest BCUT2D eigenvalue weighted by Gasteiger charge is -2.36. The Labute approximate surface area is 159 Å². The standard InChI is InChI=1S/C22H38N2O2/c1-4-6-8-9-10-17-22(16-7-5-2,18-15-19(3)23)20-11-13-21(14-12-20)24(25)26/h11-14,19H,4-10,15-18,23H2,1-3H3. The van der Waals surface area contributed by atoms with Crippen molar-refractivity contribution in [3.63, 3.8) is 0 Å². The van der Waals surface area contributed by atoms with Gasteiger partial charge in [0.15, 0.2) is 0 Å². The second kappa shape index (κ2) is 12.1. The number of unbranched alkanes of at least 4 members (excludes halogenated alkanes) is 5. The molecule has 0 spiro atoms. The number of non-ortho nitro benzene ring substituents is 1. The predicted molar refractivity (Wildman–Crippen MR) is 111 cm³/mol. The molecule has 0 amide bonds. The van der Waals surface area contributed by atoms with Crippen molar-refractivity contribution in [2.24, 2.45) is 5.73 Å². The highest BCUT2D eigenvalue weighted by Gasteiger charge is 2.31. The first-order valence-electron chi connectivity index (χ1n) is 10.5. The molecule has 0 saturated carbocycles. The van der Waals surface area contributed by atoms with E-state index in [1.54, 1.807) is 12.1 Å². The van der Waals surface area contributed by atoms with Crippen LogP contribution < -0.4 is 5.73 Å². The molecule has 0 aliphatic heterocycles. The maximum Gasteiger partial charge on any atom is 0.269 e. The smallest absolute Gasteiger partial charge is 0.269 e. The molecule has 0 heterocycles. The van der Waals surface area contributed by atoms with Crippen LogP contribution in [0, 0.1) is 10.1 Å². The molecule has 1 aromatic carbocycles. The number of hydrogen-bond donors (Lipinski definition) is 1. The third-order valence-corrected chi connectivity index (χ3v) is 5.54. The lowest BCUT2D eigenvalue weighted by Crippen LogP contribution is -2.29.